The van der Waals surface area contributed by atoms with Crippen molar-refractivity contribution in [1.29, 1.82) is 0 Å². The molecule has 4 bridgehead atoms. The molecule has 0 heterocycles. The molecule has 4 unspecified atom stereocenters. The number of aliphatic hydroxyl groups is 1. The fourth-order valence-electron chi connectivity index (χ4n) is 6.07. The highest BCUT2D eigenvalue weighted by atomic mass is 16.4. The Kier molecular flexibility index (Phi) is 2.70. The van der Waals surface area contributed by atoms with Crippen LogP contribution in [0.5, 0.6) is 0 Å². The smallest absolute Gasteiger partial charge is 0.330 e. The first-order valence-electron chi connectivity index (χ1n) is 7.40. The molecule has 0 aromatic rings. The molecule has 0 aromatic carbocycles. The lowest BCUT2D eigenvalue weighted by Crippen LogP contribution is -2.65. The summed E-state index contributed by atoms with van der Waals surface area (Å²) in [7, 11) is 0. The summed E-state index contributed by atoms with van der Waals surface area (Å²) in [5.41, 5.74) is -2.37. The van der Waals surface area contributed by atoms with E-state index in [1.54, 1.807) is 13.0 Å². The third-order valence-electron chi connectivity index (χ3n) is 5.65. The van der Waals surface area contributed by atoms with Crippen LogP contribution in [0.1, 0.15) is 52.4 Å². The highest BCUT2D eigenvalue weighted by Gasteiger charge is 2.68. The molecule has 5 nitrogen and oxygen atoms in total. The number of allylic oxidation sites excluding steroid dienone is 1. The van der Waals surface area contributed by atoms with E-state index in [2.05, 4.69) is 0 Å². The molecular formula is C16H22O5. The minimum atomic E-state index is -0.979. The van der Waals surface area contributed by atoms with E-state index >= 15 is 0 Å². The van der Waals surface area contributed by atoms with Crippen molar-refractivity contribution in [1.82, 2.24) is 0 Å². The van der Waals surface area contributed by atoms with E-state index in [1.807, 2.05) is 6.92 Å². The average molecular weight is 294 g/mol. The number of carbonyl (C=O) groups is 2. The first-order valence-corrected chi connectivity index (χ1v) is 7.40. The topological polar surface area (TPSA) is 94.8 Å². The Morgan fingerprint density at radius 3 is 2.19 bits per heavy atom. The third-order valence-corrected chi connectivity index (χ3v) is 5.65. The lowest BCUT2D eigenvalue weighted by molar-refractivity contribution is -0.225. The third kappa shape index (κ3) is 2.09. The summed E-state index contributed by atoms with van der Waals surface area (Å²) in [5, 5.41) is 29.7. The summed E-state index contributed by atoms with van der Waals surface area (Å²) < 4.78 is 0. The number of hydrogen-bond donors (Lipinski definition) is 3. The Labute approximate surface area is 123 Å². The number of carboxylic acids is 2. The maximum Gasteiger partial charge on any atom is 0.330 e. The Balaban J connectivity index is 2.10. The quantitative estimate of drug-likeness (QED) is 0.694. The van der Waals surface area contributed by atoms with E-state index in [9.17, 15) is 19.8 Å². The zero-order chi connectivity index (χ0) is 15.7. The van der Waals surface area contributed by atoms with Crippen molar-refractivity contribution < 1.29 is 24.9 Å². The molecule has 4 aliphatic carbocycles. The van der Waals surface area contributed by atoms with Crippen LogP contribution in [0.15, 0.2) is 11.6 Å². The molecular weight excluding hydrogens is 272 g/mol. The lowest BCUT2D eigenvalue weighted by atomic mass is 9.38. The minimum Gasteiger partial charge on any atom is -0.481 e. The van der Waals surface area contributed by atoms with Crippen molar-refractivity contribution >= 4 is 11.9 Å². The van der Waals surface area contributed by atoms with Gasteiger partial charge in [0.05, 0.1) is 11.0 Å². The zero-order valence-electron chi connectivity index (χ0n) is 12.5. The van der Waals surface area contributed by atoms with Gasteiger partial charge in [-0.2, -0.15) is 0 Å². The number of hydrogen-bond acceptors (Lipinski definition) is 3. The van der Waals surface area contributed by atoms with Crippen LogP contribution in [-0.4, -0.2) is 32.9 Å². The van der Waals surface area contributed by atoms with Crippen LogP contribution in [0, 0.1) is 16.2 Å². The molecule has 0 radical (unpaired) electrons. The SMILES string of the molecule is CC(=CC12CC3(C)CC(O)(C1)CC(C(=O)O)(C3)C2)C(=O)O. The van der Waals surface area contributed by atoms with Crippen LogP contribution in [-0.2, 0) is 9.59 Å². The molecule has 5 heteroatoms. The summed E-state index contributed by atoms with van der Waals surface area (Å²) in [4.78, 5) is 23.0. The van der Waals surface area contributed by atoms with Crippen LogP contribution in [0.2, 0.25) is 0 Å². The van der Waals surface area contributed by atoms with Gasteiger partial charge >= 0.3 is 11.9 Å². The van der Waals surface area contributed by atoms with Gasteiger partial charge in [0.15, 0.2) is 0 Å². The maximum atomic E-state index is 11.9. The predicted molar refractivity (Wildman–Crippen MR) is 74.7 cm³/mol. The molecule has 0 amide bonds. The van der Waals surface area contributed by atoms with Gasteiger partial charge in [-0.05, 0) is 56.3 Å². The molecule has 4 saturated carbocycles. The van der Waals surface area contributed by atoms with E-state index in [1.165, 1.54) is 0 Å². The van der Waals surface area contributed by atoms with E-state index < -0.39 is 28.4 Å². The fourth-order valence-corrected chi connectivity index (χ4v) is 6.07. The Bertz CT molecular complexity index is 543. The van der Waals surface area contributed by atoms with Gasteiger partial charge in [-0.3, -0.25) is 4.79 Å². The van der Waals surface area contributed by atoms with Crippen molar-refractivity contribution in [2.45, 2.75) is 58.0 Å². The minimum absolute atomic E-state index is 0.225. The maximum absolute atomic E-state index is 11.9. The molecule has 21 heavy (non-hydrogen) atoms. The van der Waals surface area contributed by atoms with Gasteiger partial charge in [0.2, 0.25) is 0 Å². The molecule has 3 N–H and O–H groups in total. The Hall–Kier alpha value is -1.36. The monoisotopic (exact) mass is 294 g/mol. The molecule has 0 saturated heterocycles. The van der Waals surface area contributed by atoms with E-state index in [-0.39, 0.29) is 11.0 Å². The molecule has 4 aliphatic rings. The highest BCUT2D eigenvalue weighted by Crippen LogP contribution is 2.71. The van der Waals surface area contributed by atoms with Gasteiger partial charge in [-0.15, -0.1) is 0 Å². The van der Waals surface area contributed by atoms with Crippen LogP contribution >= 0.6 is 0 Å². The second kappa shape index (κ2) is 3.88. The van der Waals surface area contributed by atoms with Gasteiger partial charge in [0.25, 0.3) is 0 Å². The van der Waals surface area contributed by atoms with Gasteiger partial charge in [-0.1, -0.05) is 13.0 Å². The molecule has 4 fully saturated rings. The van der Waals surface area contributed by atoms with Crippen molar-refractivity contribution in [3.8, 4) is 0 Å². The molecule has 0 aliphatic heterocycles. The van der Waals surface area contributed by atoms with Crippen molar-refractivity contribution in [2.75, 3.05) is 0 Å². The molecule has 0 spiro atoms. The standard InChI is InChI=1S/C16H22O5/c1-10(11(17)18)3-14-4-13(2)5-15(7-14,12(19)20)9-16(21,6-13)8-14/h3,21H,4-9H2,1-2H3,(H,17,18)(H,19,20). The normalized spacial score (nSPS) is 48.4. The Morgan fingerprint density at radius 2 is 1.67 bits per heavy atom. The Morgan fingerprint density at radius 1 is 1.00 bits per heavy atom. The van der Waals surface area contributed by atoms with Gasteiger partial charge in [0, 0.05) is 5.57 Å². The van der Waals surface area contributed by atoms with Gasteiger partial charge < -0.3 is 15.3 Å². The van der Waals surface area contributed by atoms with E-state index in [0.717, 1.165) is 6.42 Å². The van der Waals surface area contributed by atoms with Crippen molar-refractivity contribution in [2.24, 2.45) is 16.2 Å². The van der Waals surface area contributed by atoms with Crippen LogP contribution in [0.3, 0.4) is 0 Å². The van der Waals surface area contributed by atoms with E-state index in [0.29, 0.717) is 32.1 Å². The van der Waals surface area contributed by atoms with Crippen LogP contribution in [0.25, 0.3) is 0 Å². The van der Waals surface area contributed by atoms with Crippen molar-refractivity contribution in [3.05, 3.63) is 11.6 Å². The van der Waals surface area contributed by atoms with Crippen LogP contribution < -0.4 is 0 Å². The highest BCUT2D eigenvalue weighted by molar-refractivity contribution is 5.86. The lowest BCUT2D eigenvalue weighted by Gasteiger charge is -2.66. The molecule has 4 rings (SSSR count). The number of rotatable bonds is 3. The summed E-state index contributed by atoms with van der Waals surface area (Å²) in [6.45, 7) is 3.58. The van der Waals surface area contributed by atoms with Gasteiger partial charge in [-0.25, -0.2) is 4.79 Å². The second-order valence-corrected chi connectivity index (χ2v) is 8.18. The van der Waals surface area contributed by atoms with Crippen LogP contribution in [0.4, 0.5) is 0 Å². The largest absolute Gasteiger partial charge is 0.481 e. The summed E-state index contributed by atoms with van der Waals surface area (Å²) in [6.07, 6.45) is 4.91. The van der Waals surface area contributed by atoms with Crippen molar-refractivity contribution in [3.63, 3.8) is 0 Å². The summed E-state index contributed by atoms with van der Waals surface area (Å²) in [6, 6.07) is 0. The summed E-state index contributed by atoms with van der Waals surface area (Å²) in [5.74, 6) is -1.83. The average Bonchev–Trinajstić information content (AvgIpc) is 2.22. The van der Waals surface area contributed by atoms with Gasteiger partial charge in [0.1, 0.15) is 0 Å². The summed E-state index contributed by atoms with van der Waals surface area (Å²) >= 11 is 0. The van der Waals surface area contributed by atoms with E-state index in [4.69, 9.17) is 5.11 Å². The second-order valence-electron chi connectivity index (χ2n) is 8.18. The zero-order valence-corrected chi connectivity index (χ0v) is 12.5. The molecule has 116 valence electrons. The molecule has 4 atom stereocenters. The fraction of sp³-hybridized carbons (Fsp3) is 0.750. The predicted octanol–water partition coefficient (Wildman–Crippen LogP) is 2.19. The number of aliphatic carboxylic acids is 2. The first-order chi connectivity index (χ1) is 9.51. The molecule has 0 aromatic heterocycles. The first kappa shape index (κ1) is 14.6. The number of carboxylic acid groups (broad SMARTS) is 2.